The minimum Gasteiger partial charge on any atom is -0.487 e. The van der Waals surface area contributed by atoms with Gasteiger partial charge in [-0.1, -0.05) is 64.5 Å². The number of hydrogen-bond acceptors (Lipinski definition) is 3. The van der Waals surface area contributed by atoms with Crippen LogP contribution in [0.3, 0.4) is 0 Å². The molecule has 0 unspecified atom stereocenters. The molecule has 31 heavy (non-hydrogen) atoms. The summed E-state index contributed by atoms with van der Waals surface area (Å²) in [5.74, 6) is 2.32. The highest BCUT2D eigenvalue weighted by molar-refractivity contribution is 9.11. The van der Waals surface area contributed by atoms with Gasteiger partial charge in [0.1, 0.15) is 23.9 Å². The zero-order valence-electron chi connectivity index (χ0n) is 16.5. The Balaban J connectivity index is 1.50. The highest BCUT2D eigenvalue weighted by Crippen LogP contribution is 2.33. The Bertz CT molecular complexity index is 1160. The molecule has 4 aromatic carbocycles. The summed E-state index contributed by atoms with van der Waals surface area (Å²) in [5, 5.41) is 0. The summed E-state index contributed by atoms with van der Waals surface area (Å²) in [4.78, 5) is 4.62. The number of benzene rings is 4. The van der Waals surface area contributed by atoms with E-state index in [1.54, 1.807) is 0 Å². The molecule has 0 aromatic heterocycles. The van der Waals surface area contributed by atoms with E-state index in [0.29, 0.717) is 6.61 Å². The molecule has 0 radical (unpaired) electrons. The van der Waals surface area contributed by atoms with Gasteiger partial charge >= 0.3 is 0 Å². The van der Waals surface area contributed by atoms with E-state index < -0.39 is 0 Å². The zero-order chi connectivity index (χ0) is 21.5. The van der Waals surface area contributed by atoms with Crippen molar-refractivity contribution >= 4 is 43.8 Å². The Kier molecular flexibility index (Phi) is 7.18. The smallest absolute Gasteiger partial charge is 0.142 e. The third-order valence-corrected chi connectivity index (χ3v) is 5.48. The molecule has 0 aliphatic rings. The highest BCUT2D eigenvalue weighted by Gasteiger charge is 2.09. The molecule has 0 fully saturated rings. The molecule has 0 amide bonds. The van der Waals surface area contributed by atoms with Crippen molar-refractivity contribution in [1.82, 2.24) is 0 Å². The average Bonchev–Trinajstić information content (AvgIpc) is 2.79. The minimum atomic E-state index is 0.480. The van der Waals surface area contributed by atoms with Gasteiger partial charge in [0.25, 0.3) is 0 Å². The van der Waals surface area contributed by atoms with Crippen molar-refractivity contribution < 1.29 is 9.47 Å². The van der Waals surface area contributed by atoms with E-state index >= 15 is 0 Å². The van der Waals surface area contributed by atoms with Crippen LogP contribution >= 0.6 is 31.9 Å². The van der Waals surface area contributed by atoms with Crippen molar-refractivity contribution in [3.8, 4) is 17.2 Å². The fourth-order valence-electron chi connectivity index (χ4n) is 2.93. The van der Waals surface area contributed by atoms with Crippen LogP contribution < -0.4 is 9.47 Å². The number of para-hydroxylation sites is 1. The first kappa shape index (κ1) is 21.3. The summed E-state index contributed by atoms with van der Waals surface area (Å²) in [6.07, 6.45) is 1.81. The molecule has 0 aliphatic carbocycles. The molecule has 3 nitrogen and oxygen atoms in total. The third-order valence-electron chi connectivity index (χ3n) is 4.43. The van der Waals surface area contributed by atoms with E-state index in [-0.39, 0.29) is 0 Å². The van der Waals surface area contributed by atoms with Gasteiger partial charge in [-0.05, 0) is 70.0 Å². The van der Waals surface area contributed by atoms with Crippen LogP contribution in [-0.4, -0.2) is 6.21 Å². The van der Waals surface area contributed by atoms with Gasteiger partial charge in [0.05, 0.1) is 10.2 Å². The second-order valence-electron chi connectivity index (χ2n) is 6.75. The van der Waals surface area contributed by atoms with Gasteiger partial charge in [-0.2, -0.15) is 0 Å². The van der Waals surface area contributed by atoms with E-state index in [9.17, 15) is 0 Å². The summed E-state index contributed by atoms with van der Waals surface area (Å²) in [6, 6.07) is 31.4. The van der Waals surface area contributed by atoms with Gasteiger partial charge in [0, 0.05) is 16.3 Å². The van der Waals surface area contributed by atoms with Gasteiger partial charge in [-0.25, -0.2) is 0 Å². The lowest BCUT2D eigenvalue weighted by Crippen LogP contribution is -1.99. The van der Waals surface area contributed by atoms with Crippen LogP contribution in [0, 0.1) is 0 Å². The Morgan fingerprint density at radius 2 is 1.39 bits per heavy atom. The van der Waals surface area contributed by atoms with E-state index in [1.165, 1.54) is 0 Å². The van der Waals surface area contributed by atoms with Crippen LogP contribution in [0.5, 0.6) is 17.2 Å². The van der Waals surface area contributed by atoms with E-state index in [4.69, 9.17) is 9.47 Å². The Morgan fingerprint density at radius 1 is 0.742 bits per heavy atom. The monoisotopic (exact) mass is 535 g/mol. The molecule has 4 aromatic rings. The van der Waals surface area contributed by atoms with Gasteiger partial charge in [0.15, 0.2) is 0 Å². The van der Waals surface area contributed by atoms with Crippen molar-refractivity contribution in [3.05, 3.63) is 117 Å². The van der Waals surface area contributed by atoms with Crippen molar-refractivity contribution in [2.24, 2.45) is 4.99 Å². The fraction of sp³-hybridized carbons (Fsp3) is 0.0385. The van der Waals surface area contributed by atoms with Gasteiger partial charge in [-0.3, -0.25) is 4.99 Å². The second-order valence-corrected chi connectivity index (χ2v) is 8.52. The van der Waals surface area contributed by atoms with E-state index in [1.807, 2.05) is 103 Å². The fourth-order valence-corrected chi connectivity index (χ4v) is 4.30. The molecule has 5 heteroatoms. The maximum Gasteiger partial charge on any atom is 0.142 e. The standard InChI is InChI=1S/C26H19Br2NO2/c27-21-15-20(26(25(28)16-21)30-18-19-7-3-1-4-8-19)17-29-22-11-13-24(14-12-22)31-23-9-5-2-6-10-23/h1-17H,18H2. The summed E-state index contributed by atoms with van der Waals surface area (Å²) in [5.41, 5.74) is 2.81. The van der Waals surface area contributed by atoms with Crippen molar-refractivity contribution in [3.63, 3.8) is 0 Å². The molecule has 0 spiro atoms. The quantitative estimate of drug-likeness (QED) is 0.222. The molecular weight excluding hydrogens is 518 g/mol. The molecule has 0 heterocycles. The van der Waals surface area contributed by atoms with Gasteiger partial charge in [-0.15, -0.1) is 0 Å². The molecule has 154 valence electrons. The molecule has 0 bridgehead atoms. The number of aliphatic imine (C=N–C) groups is 1. The maximum absolute atomic E-state index is 6.10. The van der Waals surface area contributed by atoms with Crippen molar-refractivity contribution in [2.75, 3.05) is 0 Å². The Hall–Kier alpha value is -2.89. The molecule has 0 atom stereocenters. The first-order valence-electron chi connectivity index (χ1n) is 9.70. The third kappa shape index (κ3) is 6.06. The minimum absolute atomic E-state index is 0.480. The summed E-state index contributed by atoms with van der Waals surface area (Å²) < 4.78 is 13.8. The summed E-state index contributed by atoms with van der Waals surface area (Å²) >= 11 is 7.15. The van der Waals surface area contributed by atoms with Crippen LogP contribution in [0.25, 0.3) is 0 Å². The average molecular weight is 537 g/mol. The largest absolute Gasteiger partial charge is 0.487 e. The maximum atomic E-state index is 6.10. The SMILES string of the molecule is Brc1cc(Br)c(OCc2ccccc2)c(C=Nc2ccc(Oc3ccccc3)cc2)c1. The first-order valence-corrected chi connectivity index (χ1v) is 11.3. The number of halogens is 2. The predicted molar refractivity (Wildman–Crippen MR) is 133 cm³/mol. The number of nitrogens with zero attached hydrogens (tertiary/aromatic N) is 1. The predicted octanol–water partition coefficient (Wildman–Crippen LogP) is 8.33. The van der Waals surface area contributed by atoms with Crippen LogP contribution in [-0.2, 0) is 6.61 Å². The Morgan fingerprint density at radius 3 is 2.10 bits per heavy atom. The molecule has 4 rings (SSSR count). The molecule has 0 aliphatic heterocycles. The molecule has 0 saturated heterocycles. The summed E-state index contributed by atoms with van der Waals surface area (Å²) in [6.45, 7) is 0.480. The first-order chi connectivity index (χ1) is 15.2. The zero-order valence-corrected chi connectivity index (χ0v) is 19.7. The normalized spacial score (nSPS) is 10.9. The summed E-state index contributed by atoms with van der Waals surface area (Å²) in [7, 11) is 0. The van der Waals surface area contributed by atoms with Gasteiger partial charge in [0.2, 0.25) is 0 Å². The number of rotatable bonds is 7. The van der Waals surface area contributed by atoms with E-state index in [2.05, 4.69) is 36.9 Å². The van der Waals surface area contributed by atoms with Crippen LogP contribution in [0.4, 0.5) is 5.69 Å². The molecule has 0 saturated carbocycles. The van der Waals surface area contributed by atoms with E-state index in [0.717, 1.165) is 43.0 Å². The van der Waals surface area contributed by atoms with Crippen LogP contribution in [0.2, 0.25) is 0 Å². The van der Waals surface area contributed by atoms with Crippen LogP contribution in [0.15, 0.2) is 111 Å². The second kappa shape index (κ2) is 10.4. The molecular formula is C26H19Br2NO2. The number of hydrogen-bond donors (Lipinski definition) is 0. The lowest BCUT2D eigenvalue weighted by atomic mass is 10.2. The highest BCUT2D eigenvalue weighted by atomic mass is 79.9. The lowest BCUT2D eigenvalue weighted by molar-refractivity contribution is 0.304. The van der Waals surface area contributed by atoms with Crippen molar-refractivity contribution in [1.29, 1.82) is 0 Å². The lowest BCUT2D eigenvalue weighted by Gasteiger charge is -2.12. The van der Waals surface area contributed by atoms with Gasteiger partial charge < -0.3 is 9.47 Å². The molecule has 0 N–H and O–H groups in total. The van der Waals surface area contributed by atoms with Crippen molar-refractivity contribution in [2.45, 2.75) is 6.61 Å². The van der Waals surface area contributed by atoms with Crippen LogP contribution in [0.1, 0.15) is 11.1 Å². The Labute approximate surface area is 198 Å². The topological polar surface area (TPSA) is 30.8 Å². The number of ether oxygens (including phenoxy) is 2.